The van der Waals surface area contributed by atoms with E-state index < -0.39 is 16.1 Å². The van der Waals surface area contributed by atoms with E-state index in [-0.39, 0.29) is 10.8 Å². The van der Waals surface area contributed by atoms with Crippen LogP contribution >= 0.6 is 0 Å². The third kappa shape index (κ3) is 5.08. The second-order valence-electron chi connectivity index (χ2n) is 6.67. The molecule has 27 heavy (non-hydrogen) atoms. The molecule has 0 fully saturated rings. The molecule has 0 saturated heterocycles. The summed E-state index contributed by atoms with van der Waals surface area (Å²) in [6.07, 6.45) is 0.942. The Morgan fingerprint density at radius 3 is 2.22 bits per heavy atom. The Hall–Kier alpha value is -2.38. The molecule has 6 nitrogen and oxygen atoms in total. The highest BCUT2D eigenvalue weighted by Gasteiger charge is 2.21. The maximum atomic E-state index is 12.4. The van der Waals surface area contributed by atoms with Gasteiger partial charge < -0.3 is 10.6 Å². The average molecular weight is 390 g/mol. The third-order valence-electron chi connectivity index (χ3n) is 4.35. The summed E-state index contributed by atoms with van der Waals surface area (Å²) < 4.78 is 26.0. The van der Waals surface area contributed by atoms with Gasteiger partial charge in [-0.15, -0.1) is 0 Å². The first-order chi connectivity index (χ1) is 12.6. The van der Waals surface area contributed by atoms with Crippen molar-refractivity contribution in [3.8, 4) is 0 Å². The first-order valence-electron chi connectivity index (χ1n) is 8.84. The second kappa shape index (κ2) is 8.54. The fourth-order valence-corrected chi connectivity index (χ4v) is 3.70. The summed E-state index contributed by atoms with van der Waals surface area (Å²) in [6.45, 7) is 5.55. The Balaban J connectivity index is 2.12. The van der Waals surface area contributed by atoms with Gasteiger partial charge in [0.2, 0.25) is 15.9 Å². The van der Waals surface area contributed by atoms with Crippen molar-refractivity contribution in [2.24, 2.45) is 0 Å². The number of hydrogen-bond acceptors (Lipinski definition) is 4. The van der Waals surface area contributed by atoms with E-state index in [1.54, 1.807) is 32.0 Å². The lowest BCUT2D eigenvalue weighted by atomic mass is 10.1. The van der Waals surface area contributed by atoms with Crippen LogP contribution in [0.3, 0.4) is 0 Å². The molecule has 0 aliphatic heterocycles. The second-order valence-corrected chi connectivity index (χ2v) is 8.79. The quantitative estimate of drug-likeness (QED) is 0.762. The Morgan fingerprint density at radius 1 is 1.07 bits per heavy atom. The van der Waals surface area contributed by atoms with Crippen molar-refractivity contribution in [3.63, 3.8) is 0 Å². The van der Waals surface area contributed by atoms with Gasteiger partial charge in [-0.2, -0.15) is 0 Å². The van der Waals surface area contributed by atoms with E-state index in [0.29, 0.717) is 11.3 Å². The molecule has 0 aliphatic rings. The zero-order chi connectivity index (χ0) is 20.2. The minimum absolute atomic E-state index is 0.197. The van der Waals surface area contributed by atoms with Gasteiger partial charge in [0.15, 0.2) is 0 Å². The van der Waals surface area contributed by atoms with Crippen LogP contribution in [0.4, 0.5) is 11.4 Å². The fraction of sp³-hybridized carbons (Fsp3) is 0.350. The van der Waals surface area contributed by atoms with Crippen molar-refractivity contribution in [1.29, 1.82) is 0 Å². The first-order valence-corrected chi connectivity index (χ1v) is 10.3. The predicted molar refractivity (Wildman–Crippen MR) is 110 cm³/mol. The van der Waals surface area contributed by atoms with Gasteiger partial charge in [-0.25, -0.2) is 12.7 Å². The minimum Gasteiger partial charge on any atom is -0.374 e. The van der Waals surface area contributed by atoms with Gasteiger partial charge in [0, 0.05) is 25.5 Å². The van der Waals surface area contributed by atoms with Crippen molar-refractivity contribution >= 4 is 27.3 Å². The Bertz CT molecular complexity index is 907. The number of rotatable bonds is 7. The number of sulfonamides is 1. The van der Waals surface area contributed by atoms with Crippen molar-refractivity contribution in [2.45, 2.75) is 38.1 Å². The van der Waals surface area contributed by atoms with Gasteiger partial charge in [0.1, 0.15) is 6.04 Å². The molecule has 0 unspecified atom stereocenters. The molecule has 0 spiro atoms. The smallest absolute Gasteiger partial charge is 0.246 e. The van der Waals surface area contributed by atoms with E-state index in [0.717, 1.165) is 12.1 Å². The normalized spacial score (nSPS) is 12.7. The van der Waals surface area contributed by atoms with Gasteiger partial charge >= 0.3 is 0 Å². The third-order valence-corrected chi connectivity index (χ3v) is 6.31. The number of carbonyl (C=O) groups is 1. The summed E-state index contributed by atoms with van der Waals surface area (Å²) in [4.78, 5) is 12.7. The summed E-state index contributed by atoms with van der Waals surface area (Å²) in [7, 11) is -0.559. The highest BCUT2D eigenvalue weighted by atomic mass is 32.2. The van der Waals surface area contributed by atoms with E-state index in [1.807, 2.05) is 24.3 Å². The first kappa shape index (κ1) is 20.9. The van der Waals surface area contributed by atoms with Crippen LogP contribution in [0, 0.1) is 6.92 Å². The van der Waals surface area contributed by atoms with Gasteiger partial charge in [0.05, 0.1) is 4.90 Å². The van der Waals surface area contributed by atoms with Gasteiger partial charge in [-0.05, 0) is 55.7 Å². The molecule has 0 heterocycles. The van der Waals surface area contributed by atoms with Crippen LogP contribution in [0.25, 0.3) is 0 Å². The monoisotopic (exact) mass is 389 g/mol. The Morgan fingerprint density at radius 2 is 1.67 bits per heavy atom. The van der Waals surface area contributed by atoms with Gasteiger partial charge in [-0.3, -0.25) is 4.79 Å². The average Bonchev–Trinajstić information content (AvgIpc) is 2.63. The molecule has 1 atom stereocenters. The highest BCUT2D eigenvalue weighted by molar-refractivity contribution is 7.89. The molecule has 2 N–H and O–H groups in total. The van der Waals surface area contributed by atoms with E-state index in [1.165, 1.54) is 24.0 Å². The van der Waals surface area contributed by atoms with Crippen LogP contribution < -0.4 is 10.6 Å². The molecule has 146 valence electrons. The molecular formula is C20H27N3O3S. The van der Waals surface area contributed by atoms with E-state index in [4.69, 9.17) is 0 Å². The van der Waals surface area contributed by atoms with Crippen LogP contribution in [-0.4, -0.2) is 38.8 Å². The molecule has 0 bridgehead atoms. The molecule has 0 saturated carbocycles. The zero-order valence-corrected chi connectivity index (χ0v) is 17.2. The largest absolute Gasteiger partial charge is 0.374 e. The van der Waals surface area contributed by atoms with Gasteiger partial charge in [0.25, 0.3) is 0 Å². The summed E-state index contributed by atoms with van der Waals surface area (Å²) in [5.41, 5.74) is 3.16. The van der Waals surface area contributed by atoms with Crippen molar-refractivity contribution in [1.82, 2.24) is 4.31 Å². The standard InChI is InChI=1S/C20H27N3O3S/c1-6-16-8-11-17(12-9-16)22-20(24)15(3)21-18-10-7-14(2)19(13-18)27(25,26)23(4)5/h7-13,15,21H,6H2,1-5H3,(H,22,24)/t15-/m0/s1. The number of anilines is 2. The lowest BCUT2D eigenvalue weighted by molar-refractivity contribution is -0.116. The van der Waals surface area contributed by atoms with Crippen LogP contribution in [-0.2, 0) is 21.2 Å². The summed E-state index contributed by atoms with van der Waals surface area (Å²) in [6, 6.07) is 12.2. The number of amides is 1. The number of nitrogens with zero attached hydrogens (tertiary/aromatic N) is 1. The molecule has 0 radical (unpaired) electrons. The number of aryl methyl sites for hydroxylation is 2. The maximum absolute atomic E-state index is 12.4. The summed E-state index contributed by atoms with van der Waals surface area (Å²) >= 11 is 0. The van der Waals surface area contributed by atoms with E-state index in [2.05, 4.69) is 17.6 Å². The summed E-state index contributed by atoms with van der Waals surface area (Å²) in [5, 5.41) is 5.93. The van der Waals surface area contributed by atoms with E-state index in [9.17, 15) is 13.2 Å². The van der Waals surface area contributed by atoms with Crippen molar-refractivity contribution in [2.75, 3.05) is 24.7 Å². The fourth-order valence-electron chi connectivity index (χ4n) is 2.55. The van der Waals surface area contributed by atoms with Crippen LogP contribution in [0.5, 0.6) is 0 Å². The predicted octanol–water partition coefficient (Wildman–Crippen LogP) is 3.25. The number of carbonyl (C=O) groups excluding carboxylic acids is 1. The van der Waals surface area contributed by atoms with E-state index >= 15 is 0 Å². The molecular weight excluding hydrogens is 362 g/mol. The lowest BCUT2D eigenvalue weighted by Gasteiger charge is -2.18. The van der Waals surface area contributed by atoms with Crippen molar-refractivity contribution in [3.05, 3.63) is 53.6 Å². The van der Waals surface area contributed by atoms with Crippen LogP contribution in [0.2, 0.25) is 0 Å². The molecule has 2 aromatic carbocycles. The zero-order valence-electron chi connectivity index (χ0n) is 16.4. The van der Waals surface area contributed by atoms with Crippen LogP contribution in [0.15, 0.2) is 47.4 Å². The molecule has 0 aromatic heterocycles. The maximum Gasteiger partial charge on any atom is 0.246 e. The molecule has 2 rings (SSSR count). The summed E-state index contributed by atoms with van der Waals surface area (Å²) in [5.74, 6) is -0.197. The lowest BCUT2D eigenvalue weighted by Crippen LogP contribution is -2.32. The van der Waals surface area contributed by atoms with Gasteiger partial charge in [-0.1, -0.05) is 25.1 Å². The topological polar surface area (TPSA) is 78.5 Å². The molecule has 0 aliphatic carbocycles. The molecule has 1 amide bonds. The molecule has 2 aromatic rings. The Labute approximate surface area is 161 Å². The molecule has 7 heteroatoms. The minimum atomic E-state index is -3.55. The Kier molecular flexibility index (Phi) is 6.62. The number of hydrogen-bond donors (Lipinski definition) is 2. The number of nitrogens with one attached hydrogen (secondary N) is 2. The highest BCUT2D eigenvalue weighted by Crippen LogP contribution is 2.23. The number of benzene rings is 2. The SMILES string of the molecule is CCc1ccc(NC(=O)[C@H](C)Nc2ccc(C)c(S(=O)(=O)N(C)C)c2)cc1. The van der Waals surface area contributed by atoms with Crippen molar-refractivity contribution < 1.29 is 13.2 Å². The van der Waals surface area contributed by atoms with Crippen LogP contribution in [0.1, 0.15) is 25.0 Å².